The monoisotopic (exact) mass is 381 g/mol. The fourth-order valence-corrected chi connectivity index (χ4v) is 2.76. The van der Waals surface area contributed by atoms with Gasteiger partial charge in [-0.05, 0) is 36.8 Å². The molecule has 1 amide bonds. The first-order valence-electron chi connectivity index (χ1n) is 9.19. The summed E-state index contributed by atoms with van der Waals surface area (Å²) in [6.07, 6.45) is 1.95. The molecule has 0 radical (unpaired) electrons. The van der Waals surface area contributed by atoms with Crippen molar-refractivity contribution in [2.24, 2.45) is 0 Å². The van der Waals surface area contributed by atoms with E-state index in [1.165, 1.54) is 7.11 Å². The number of aromatic amines is 1. The van der Waals surface area contributed by atoms with E-state index in [0.717, 1.165) is 12.8 Å². The molecular formula is C21H23N3O4. The maximum atomic E-state index is 12.3. The molecule has 7 nitrogen and oxygen atoms in total. The summed E-state index contributed by atoms with van der Waals surface area (Å²) < 4.78 is 11.0. The highest BCUT2D eigenvalue weighted by Gasteiger charge is 2.12. The number of fused-ring (bicyclic) bond motifs is 1. The van der Waals surface area contributed by atoms with Gasteiger partial charge in [-0.2, -0.15) is 0 Å². The Morgan fingerprint density at radius 3 is 2.79 bits per heavy atom. The normalized spacial score (nSPS) is 10.6. The molecule has 28 heavy (non-hydrogen) atoms. The molecule has 2 aromatic carbocycles. The number of hydrogen-bond acceptors (Lipinski definition) is 5. The predicted octanol–water partition coefficient (Wildman–Crippen LogP) is 2.89. The van der Waals surface area contributed by atoms with Crippen LogP contribution in [0.1, 0.15) is 19.8 Å². The summed E-state index contributed by atoms with van der Waals surface area (Å²) >= 11 is 0. The molecule has 0 aliphatic carbocycles. The van der Waals surface area contributed by atoms with E-state index in [4.69, 9.17) is 9.47 Å². The lowest BCUT2D eigenvalue weighted by molar-refractivity contribution is -0.123. The van der Waals surface area contributed by atoms with E-state index in [2.05, 4.69) is 22.2 Å². The number of carbonyl (C=O) groups excluding carboxylic acids is 1. The fraction of sp³-hybridized carbons (Fsp3) is 0.286. The maximum Gasteiger partial charge on any atom is 0.259 e. The molecule has 146 valence electrons. The average Bonchev–Trinajstić information content (AvgIpc) is 2.72. The van der Waals surface area contributed by atoms with Crippen LogP contribution in [0.15, 0.2) is 47.3 Å². The number of methoxy groups -OCH3 is 1. The number of nitrogens with one attached hydrogen (secondary N) is 2. The van der Waals surface area contributed by atoms with Crippen molar-refractivity contribution in [3.8, 4) is 22.9 Å². The van der Waals surface area contributed by atoms with Gasteiger partial charge in [-0.1, -0.05) is 25.5 Å². The second-order valence-electron chi connectivity index (χ2n) is 6.29. The summed E-state index contributed by atoms with van der Waals surface area (Å²) in [5.41, 5.74) is 1.09. The highest BCUT2D eigenvalue weighted by molar-refractivity contribution is 5.79. The number of nitrogens with zero attached hydrogens (tertiary/aromatic N) is 1. The summed E-state index contributed by atoms with van der Waals surface area (Å²) in [7, 11) is 1.52. The fourth-order valence-electron chi connectivity index (χ4n) is 2.76. The zero-order valence-electron chi connectivity index (χ0n) is 16.0. The minimum Gasteiger partial charge on any atom is -0.493 e. The first-order valence-corrected chi connectivity index (χ1v) is 9.19. The van der Waals surface area contributed by atoms with E-state index in [0.29, 0.717) is 40.3 Å². The number of aromatic nitrogens is 2. The molecule has 0 saturated carbocycles. The van der Waals surface area contributed by atoms with Crippen LogP contribution in [0.3, 0.4) is 0 Å². The van der Waals surface area contributed by atoms with Crippen LogP contribution < -0.4 is 20.3 Å². The summed E-state index contributed by atoms with van der Waals surface area (Å²) in [4.78, 5) is 31.4. The van der Waals surface area contributed by atoms with Gasteiger partial charge >= 0.3 is 0 Å². The van der Waals surface area contributed by atoms with E-state index in [1.54, 1.807) is 36.4 Å². The quantitative estimate of drug-likeness (QED) is 0.585. The maximum absolute atomic E-state index is 12.3. The number of para-hydroxylation sites is 1. The number of rotatable bonds is 8. The number of hydrogen-bond donors (Lipinski definition) is 2. The van der Waals surface area contributed by atoms with Gasteiger partial charge in [0.25, 0.3) is 11.5 Å². The second-order valence-corrected chi connectivity index (χ2v) is 6.29. The lowest BCUT2D eigenvalue weighted by Gasteiger charge is -2.12. The lowest BCUT2D eigenvalue weighted by Crippen LogP contribution is -2.29. The van der Waals surface area contributed by atoms with Crippen molar-refractivity contribution in [1.82, 2.24) is 15.3 Å². The summed E-state index contributed by atoms with van der Waals surface area (Å²) in [6.45, 7) is 2.60. The predicted molar refractivity (Wildman–Crippen MR) is 108 cm³/mol. The topological polar surface area (TPSA) is 93.3 Å². The molecular weight excluding hydrogens is 358 g/mol. The van der Waals surface area contributed by atoms with E-state index in [-0.39, 0.29) is 18.1 Å². The van der Waals surface area contributed by atoms with Gasteiger partial charge in [0, 0.05) is 12.1 Å². The SMILES string of the molecule is CCCCNC(=O)COc1ccc(-c2nc3ccccc3c(=O)[nH]2)cc1OC. The molecule has 0 saturated heterocycles. The number of amides is 1. The molecule has 0 atom stereocenters. The van der Waals surface area contributed by atoms with E-state index >= 15 is 0 Å². The third-order valence-electron chi connectivity index (χ3n) is 4.26. The van der Waals surface area contributed by atoms with Crippen LogP contribution in [0.4, 0.5) is 0 Å². The zero-order valence-corrected chi connectivity index (χ0v) is 16.0. The Hall–Kier alpha value is -3.35. The van der Waals surface area contributed by atoms with Gasteiger partial charge in [-0.3, -0.25) is 9.59 Å². The van der Waals surface area contributed by atoms with Crippen molar-refractivity contribution >= 4 is 16.8 Å². The third-order valence-corrected chi connectivity index (χ3v) is 4.26. The standard InChI is InChI=1S/C21H23N3O4/c1-3-4-11-22-19(25)13-28-17-10-9-14(12-18(17)27-2)20-23-16-8-6-5-7-15(16)21(26)24-20/h5-10,12H,3-4,11,13H2,1-2H3,(H,22,25)(H,23,24,26). The first-order chi connectivity index (χ1) is 13.6. The number of benzene rings is 2. The molecule has 2 N–H and O–H groups in total. The highest BCUT2D eigenvalue weighted by atomic mass is 16.5. The van der Waals surface area contributed by atoms with Crippen LogP contribution in [-0.2, 0) is 4.79 Å². The molecule has 3 aromatic rings. The highest BCUT2D eigenvalue weighted by Crippen LogP contribution is 2.31. The largest absolute Gasteiger partial charge is 0.493 e. The third kappa shape index (κ3) is 4.49. The van der Waals surface area contributed by atoms with Gasteiger partial charge < -0.3 is 19.8 Å². The Morgan fingerprint density at radius 2 is 2.00 bits per heavy atom. The zero-order chi connectivity index (χ0) is 19.9. The van der Waals surface area contributed by atoms with Crippen LogP contribution in [0.2, 0.25) is 0 Å². The van der Waals surface area contributed by atoms with E-state index < -0.39 is 0 Å². The average molecular weight is 381 g/mol. The molecule has 1 aromatic heterocycles. The van der Waals surface area contributed by atoms with Crippen LogP contribution in [-0.4, -0.2) is 36.1 Å². The van der Waals surface area contributed by atoms with Crippen molar-refractivity contribution in [2.45, 2.75) is 19.8 Å². The lowest BCUT2D eigenvalue weighted by atomic mass is 10.1. The Bertz CT molecular complexity index is 1030. The van der Waals surface area contributed by atoms with Gasteiger partial charge in [-0.15, -0.1) is 0 Å². The number of ether oxygens (including phenoxy) is 2. The summed E-state index contributed by atoms with van der Waals surface area (Å²) in [6, 6.07) is 12.3. The van der Waals surface area contributed by atoms with Gasteiger partial charge in [-0.25, -0.2) is 4.98 Å². The number of unbranched alkanes of at least 4 members (excludes halogenated alkanes) is 1. The molecule has 3 rings (SSSR count). The molecule has 0 fully saturated rings. The molecule has 1 heterocycles. The Morgan fingerprint density at radius 1 is 1.18 bits per heavy atom. The van der Waals surface area contributed by atoms with Gasteiger partial charge in [0.2, 0.25) is 0 Å². The smallest absolute Gasteiger partial charge is 0.259 e. The van der Waals surface area contributed by atoms with Crippen molar-refractivity contribution in [3.05, 3.63) is 52.8 Å². The molecule has 0 aliphatic heterocycles. The Labute approximate surface area is 162 Å². The van der Waals surface area contributed by atoms with Crippen LogP contribution in [0, 0.1) is 0 Å². The Kier molecular flexibility index (Phi) is 6.26. The van der Waals surface area contributed by atoms with E-state index in [9.17, 15) is 9.59 Å². The van der Waals surface area contributed by atoms with Crippen molar-refractivity contribution < 1.29 is 14.3 Å². The van der Waals surface area contributed by atoms with Crippen LogP contribution in [0.5, 0.6) is 11.5 Å². The number of carbonyl (C=O) groups is 1. The Balaban J connectivity index is 1.80. The minimum absolute atomic E-state index is 0.0928. The molecule has 0 bridgehead atoms. The van der Waals surface area contributed by atoms with Gasteiger partial charge in [0.1, 0.15) is 5.82 Å². The van der Waals surface area contributed by atoms with Gasteiger partial charge in [0.05, 0.1) is 18.0 Å². The molecule has 0 unspecified atom stereocenters. The second kappa shape index (κ2) is 9.03. The minimum atomic E-state index is -0.205. The van der Waals surface area contributed by atoms with Crippen LogP contribution in [0.25, 0.3) is 22.3 Å². The van der Waals surface area contributed by atoms with E-state index in [1.807, 2.05) is 6.07 Å². The molecule has 0 spiro atoms. The van der Waals surface area contributed by atoms with Crippen LogP contribution >= 0.6 is 0 Å². The summed E-state index contributed by atoms with van der Waals surface area (Å²) in [5.74, 6) is 1.15. The number of H-pyrrole nitrogens is 1. The molecule has 0 aliphatic rings. The van der Waals surface area contributed by atoms with Crippen molar-refractivity contribution in [2.75, 3.05) is 20.3 Å². The molecule has 7 heteroatoms. The first kappa shape index (κ1) is 19.4. The van der Waals surface area contributed by atoms with Crippen molar-refractivity contribution in [3.63, 3.8) is 0 Å². The summed E-state index contributed by atoms with van der Waals surface area (Å²) in [5, 5.41) is 3.33. The van der Waals surface area contributed by atoms with Gasteiger partial charge in [0.15, 0.2) is 18.1 Å². The van der Waals surface area contributed by atoms with Crippen molar-refractivity contribution in [1.29, 1.82) is 0 Å².